The average molecular weight is 271 g/mol. The number of benzene rings is 1. The Morgan fingerprint density at radius 2 is 2.00 bits per heavy atom. The summed E-state index contributed by atoms with van der Waals surface area (Å²) in [4.78, 5) is 0. The lowest BCUT2D eigenvalue weighted by Crippen LogP contribution is -2.10. The van der Waals surface area contributed by atoms with Crippen LogP contribution in [0.1, 0.15) is 29.5 Å². The van der Waals surface area contributed by atoms with Crippen LogP contribution in [0.2, 0.25) is 0 Å². The molecule has 0 spiro atoms. The van der Waals surface area contributed by atoms with E-state index < -0.39 is 5.60 Å². The summed E-state index contributed by atoms with van der Waals surface area (Å²) < 4.78 is 6.42. The Kier molecular flexibility index (Phi) is 2.55. The van der Waals surface area contributed by atoms with Gasteiger partial charge in [-0.25, -0.2) is 0 Å². The molecule has 3 heteroatoms. The molecule has 1 aromatic rings. The zero-order chi connectivity index (χ0) is 11.2. The summed E-state index contributed by atoms with van der Waals surface area (Å²) in [7, 11) is 1.65. The van der Waals surface area contributed by atoms with E-state index in [9.17, 15) is 5.11 Å². The number of halogens is 1. The highest BCUT2D eigenvalue weighted by atomic mass is 79.9. The molecule has 0 radical (unpaired) electrons. The summed E-state index contributed by atoms with van der Waals surface area (Å²) in [6, 6.07) is 1.97. The molecule has 1 fully saturated rings. The first-order valence-corrected chi connectivity index (χ1v) is 5.85. The van der Waals surface area contributed by atoms with Crippen LogP contribution in [0.4, 0.5) is 0 Å². The number of hydrogen-bond donors (Lipinski definition) is 1. The fourth-order valence-electron chi connectivity index (χ4n) is 2.03. The van der Waals surface area contributed by atoms with Gasteiger partial charge in [-0.3, -0.25) is 0 Å². The van der Waals surface area contributed by atoms with Gasteiger partial charge in [-0.05, 0) is 43.9 Å². The van der Waals surface area contributed by atoms with Crippen LogP contribution in [0.25, 0.3) is 0 Å². The molecule has 1 aliphatic rings. The van der Waals surface area contributed by atoms with Crippen LogP contribution in [0.3, 0.4) is 0 Å². The predicted molar refractivity (Wildman–Crippen MR) is 63.3 cm³/mol. The first kappa shape index (κ1) is 11.0. The Morgan fingerprint density at radius 1 is 1.40 bits per heavy atom. The van der Waals surface area contributed by atoms with Gasteiger partial charge in [0.1, 0.15) is 5.75 Å². The van der Waals surface area contributed by atoms with Crippen molar-refractivity contribution >= 4 is 15.9 Å². The van der Waals surface area contributed by atoms with E-state index in [-0.39, 0.29) is 0 Å². The number of aryl methyl sites for hydroxylation is 1. The Balaban J connectivity index is 2.65. The van der Waals surface area contributed by atoms with Gasteiger partial charge in [0.05, 0.1) is 12.7 Å². The normalized spacial score (nSPS) is 17.7. The lowest BCUT2D eigenvalue weighted by molar-refractivity contribution is 0.146. The molecule has 1 saturated carbocycles. The maximum absolute atomic E-state index is 10.2. The first-order valence-electron chi connectivity index (χ1n) is 5.06. The van der Waals surface area contributed by atoms with Gasteiger partial charge in [0.15, 0.2) is 0 Å². The van der Waals surface area contributed by atoms with Crippen LogP contribution in [0, 0.1) is 13.8 Å². The minimum atomic E-state index is -0.647. The van der Waals surface area contributed by atoms with Crippen LogP contribution < -0.4 is 4.74 Å². The maximum Gasteiger partial charge on any atom is 0.125 e. The van der Waals surface area contributed by atoms with Gasteiger partial charge in [0.2, 0.25) is 0 Å². The van der Waals surface area contributed by atoms with Gasteiger partial charge < -0.3 is 9.84 Å². The number of hydrogen-bond acceptors (Lipinski definition) is 2. The Hall–Kier alpha value is -0.540. The molecule has 0 aliphatic heterocycles. The summed E-state index contributed by atoms with van der Waals surface area (Å²) in [6.45, 7) is 4.05. The van der Waals surface area contributed by atoms with Crippen LogP contribution in [-0.2, 0) is 5.60 Å². The molecular formula is C12H15BrO2. The topological polar surface area (TPSA) is 29.5 Å². The molecule has 15 heavy (non-hydrogen) atoms. The molecule has 82 valence electrons. The molecule has 0 aromatic heterocycles. The van der Waals surface area contributed by atoms with Gasteiger partial charge in [0, 0.05) is 10.0 Å². The second-order valence-electron chi connectivity index (χ2n) is 4.24. The standard InChI is InChI=1S/C12H15BrO2/c1-7-6-9(15-3)10(8(2)11(7)13)12(14)4-5-12/h6,14H,4-5H2,1-3H3. The Morgan fingerprint density at radius 3 is 2.47 bits per heavy atom. The van der Waals surface area contributed by atoms with Crippen LogP contribution in [0.5, 0.6) is 5.75 Å². The molecule has 1 aliphatic carbocycles. The first-order chi connectivity index (χ1) is 6.99. The second-order valence-corrected chi connectivity index (χ2v) is 5.03. The molecule has 2 nitrogen and oxygen atoms in total. The van der Waals surface area contributed by atoms with Gasteiger partial charge in [0.25, 0.3) is 0 Å². The van der Waals surface area contributed by atoms with Crippen LogP contribution >= 0.6 is 15.9 Å². The molecule has 0 atom stereocenters. The zero-order valence-corrected chi connectivity index (χ0v) is 10.8. The number of methoxy groups -OCH3 is 1. The van der Waals surface area contributed by atoms with Gasteiger partial charge in [-0.1, -0.05) is 15.9 Å². The van der Waals surface area contributed by atoms with Crippen molar-refractivity contribution in [3.05, 3.63) is 27.2 Å². The SMILES string of the molecule is COc1cc(C)c(Br)c(C)c1C1(O)CC1. The molecule has 1 N–H and O–H groups in total. The molecule has 0 heterocycles. The van der Waals surface area contributed by atoms with Crippen molar-refractivity contribution < 1.29 is 9.84 Å². The van der Waals surface area contributed by atoms with E-state index in [4.69, 9.17) is 4.74 Å². The van der Waals surface area contributed by atoms with E-state index in [0.717, 1.165) is 39.8 Å². The smallest absolute Gasteiger partial charge is 0.125 e. The summed E-state index contributed by atoms with van der Waals surface area (Å²) in [5.41, 5.74) is 2.53. The molecule has 2 rings (SSSR count). The third-order valence-corrected chi connectivity index (χ3v) is 4.27. The highest BCUT2D eigenvalue weighted by Crippen LogP contribution is 2.51. The minimum Gasteiger partial charge on any atom is -0.496 e. The van der Waals surface area contributed by atoms with Crippen molar-refractivity contribution in [1.29, 1.82) is 0 Å². The van der Waals surface area contributed by atoms with Crippen molar-refractivity contribution in [1.82, 2.24) is 0 Å². The number of ether oxygens (including phenoxy) is 1. The summed E-state index contributed by atoms with van der Waals surface area (Å²) in [5.74, 6) is 0.799. The van der Waals surface area contributed by atoms with E-state index in [1.807, 2.05) is 19.9 Å². The monoisotopic (exact) mass is 270 g/mol. The minimum absolute atomic E-state index is 0.647. The Bertz CT molecular complexity index is 409. The van der Waals surface area contributed by atoms with Gasteiger partial charge >= 0.3 is 0 Å². The third kappa shape index (κ3) is 1.68. The molecule has 0 amide bonds. The second kappa shape index (κ2) is 3.49. The van der Waals surface area contributed by atoms with Crippen molar-refractivity contribution in [2.24, 2.45) is 0 Å². The quantitative estimate of drug-likeness (QED) is 0.895. The number of rotatable bonds is 2. The number of aliphatic hydroxyl groups is 1. The van der Waals surface area contributed by atoms with Crippen molar-refractivity contribution in [2.75, 3.05) is 7.11 Å². The van der Waals surface area contributed by atoms with Crippen molar-refractivity contribution in [3.8, 4) is 5.75 Å². The lowest BCUT2D eigenvalue weighted by Gasteiger charge is -2.19. The maximum atomic E-state index is 10.2. The summed E-state index contributed by atoms with van der Waals surface area (Å²) >= 11 is 3.55. The zero-order valence-electron chi connectivity index (χ0n) is 9.22. The van der Waals surface area contributed by atoms with Crippen molar-refractivity contribution in [3.63, 3.8) is 0 Å². The molecule has 0 bridgehead atoms. The summed E-state index contributed by atoms with van der Waals surface area (Å²) in [6.07, 6.45) is 1.67. The van der Waals surface area contributed by atoms with Crippen LogP contribution in [-0.4, -0.2) is 12.2 Å². The van der Waals surface area contributed by atoms with Crippen molar-refractivity contribution in [2.45, 2.75) is 32.3 Å². The molecular weight excluding hydrogens is 256 g/mol. The largest absolute Gasteiger partial charge is 0.496 e. The van der Waals surface area contributed by atoms with E-state index in [0.29, 0.717) is 0 Å². The van der Waals surface area contributed by atoms with E-state index in [1.54, 1.807) is 7.11 Å². The van der Waals surface area contributed by atoms with E-state index in [2.05, 4.69) is 15.9 Å². The van der Waals surface area contributed by atoms with Crippen LogP contribution in [0.15, 0.2) is 10.5 Å². The lowest BCUT2D eigenvalue weighted by atomic mass is 9.98. The molecule has 0 saturated heterocycles. The average Bonchev–Trinajstić information content (AvgIpc) is 2.92. The highest BCUT2D eigenvalue weighted by molar-refractivity contribution is 9.10. The molecule has 1 aromatic carbocycles. The third-order valence-electron chi connectivity index (χ3n) is 3.05. The highest BCUT2D eigenvalue weighted by Gasteiger charge is 2.45. The fraction of sp³-hybridized carbons (Fsp3) is 0.500. The van der Waals surface area contributed by atoms with E-state index in [1.165, 1.54) is 0 Å². The fourth-order valence-corrected chi connectivity index (χ4v) is 2.34. The molecule has 0 unspecified atom stereocenters. The summed E-state index contributed by atoms with van der Waals surface area (Å²) in [5, 5.41) is 10.2. The predicted octanol–water partition coefficient (Wildman–Crippen LogP) is 3.06. The van der Waals surface area contributed by atoms with E-state index >= 15 is 0 Å². The van der Waals surface area contributed by atoms with Gasteiger partial charge in [-0.15, -0.1) is 0 Å². The Labute approximate surface area is 98.4 Å². The van der Waals surface area contributed by atoms with Gasteiger partial charge in [-0.2, -0.15) is 0 Å².